The fourth-order valence-electron chi connectivity index (χ4n) is 3.35. The maximum atomic E-state index is 11.1. The zero-order valence-electron chi connectivity index (χ0n) is 18.1. The Morgan fingerprint density at radius 1 is 1.03 bits per heavy atom. The summed E-state index contributed by atoms with van der Waals surface area (Å²) in [5, 5.41) is 9.72. The van der Waals surface area contributed by atoms with Gasteiger partial charge in [0.2, 0.25) is 0 Å². The van der Waals surface area contributed by atoms with Gasteiger partial charge in [0.05, 0.1) is 18.9 Å². The highest BCUT2D eigenvalue weighted by atomic mass is 35.5. The van der Waals surface area contributed by atoms with Crippen molar-refractivity contribution in [2.75, 3.05) is 6.61 Å². The molecule has 4 nitrogen and oxygen atoms in total. The molecule has 0 aromatic heterocycles. The first kappa shape index (κ1) is 23.2. The molecule has 0 aliphatic rings. The van der Waals surface area contributed by atoms with Crippen LogP contribution in [0.3, 0.4) is 0 Å². The predicted molar refractivity (Wildman–Crippen MR) is 127 cm³/mol. The van der Waals surface area contributed by atoms with E-state index in [1.807, 2.05) is 73.7 Å². The van der Waals surface area contributed by atoms with Crippen molar-refractivity contribution in [2.45, 2.75) is 32.8 Å². The number of halogens is 1. The van der Waals surface area contributed by atoms with Crippen LogP contribution in [0.4, 0.5) is 0 Å². The van der Waals surface area contributed by atoms with E-state index < -0.39 is 5.97 Å². The molecule has 1 atom stereocenters. The Balaban J connectivity index is 1.65. The summed E-state index contributed by atoms with van der Waals surface area (Å²) in [6.07, 6.45) is -0.0218. The van der Waals surface area contributed by atoms with E-state index in [0.29, 0.717) is 24.0 Å². The van der Waals surface area contributed by atoms with E-state index in [4.69, 9.17) is 26.2 Å². The van der Waals surface area contributed by atoms with Crippen LogP contribution >= 0.6 is 11.6 Å². The fourth-order valence-corrected chi connectivity index (χ4v) is 3.52. The Bertz CT molecular complexity index is 1110. The molecule has 164 valence electrons. The van der Waals surface area contributed by atoms with E-state index in [9.17, 15) is 4.79 Å². The molecule has 0 amide bonds. The zero-order chi connectivity index (χ0) is 22.9. The van der Waals surface area contributed by atoms with Crippen LogP contribution in [-0.4, -0.2) is 17.7 Å². The molecule has 32 heavy (non-hydrogen) atoms. The van der Waals surface area contributed by atoms with Crippen molar-refractivity contribution in [1.29, 1.82) is 0 Å². The van der Waals surface area contributed by atoms with E-state index in [-0.39, 0.29) is 12.3 Å². The largest absolute Gasteiger partial charge is 0.493 e. The number of rotatable bonds is 9. The fraction of sp³-hybridized carbons (Fsp3) is 0.222. The van der Waals surface area contributed by atoms with Crippen molar-refractivity contribution in [3.8, 4) is 34.5 Å². The van der Waals surface area contributed by atoms with Gasteiger partial charge in [0.15, 0.2) is 0 Å². The number of hydrogen-bond acceptors (Lipinski definition) is 3. The van der Waals surface area contributed by atoms with Crippen molar-refractivity contribution in [3.05, 3.63) is 82.9 Å². The summed E-state index contributed by atoms with van der Waals surface area (Å²) in [6, 6.07) is 21.2. The highest BCUT2D eigenvalue weighted by Crippen LogP contribution is 2.33. The SMILES string of the molecule is CC#C[C@@H](CC(=O)O)c1ccc(OCc2ccc(-c3ccc(Cl)cc3OCC)cc2)cc1. The van der Waals surface area contributed by atoms with Gasteiger partial charge in [-0.15, -0.1) is 5.92 Å². The number of carbonyl (C=O) groups is 1. The van der Waals surface area contributed by atoms with Crippen LogP contribution in [0.5, 0.6) is 11.5 Å². The minimum Gasteiger partial charge on any atom is -0.493 e. The number of carboxylic acids is 1. The van der Waals surface area contributed by atoms with Crippen molar-refractivity contribution < 1.29 is 19.4 Å². The smallest absolute Gasteiger partial charge is 0.304 e. The molecule has 0 saturated carbocycles. The standard InChI is InChI=1S/C27H25ClO4/c1-3-5-22(16-27(29)30)20-10-13-24(14-11-20)32-18-19-6-8-21(9-7-19)25-15-12-23(28)17-26(25)31-4-2/h6-15,17,22H,4,16,18H2,1-2H3,(H,29,30)/t22-/m0/s1. The number of hydrogen-bond donors (Lipinski definition) is 1. The van der Waals surface area contributed by atoms with Crippen molar-refractivity contribution in [1.82, 2.24) is 0 Å². The predicted octanol–water partition coefficient (Wildman–Crippen LogP) is 6.57. The lowest BCUT2D eigenvalue weighted by Crippen LogP contribution is -2.04. The Morgan fingerprint density at radius 2 is 1.75 bits per heavy atom. The quantitative estimate of drug-likeness (QED) is 0.376. The third kappa shape index (κ3) is 6.29. The van der Waals surface area contributed by atoms with E-state index in [1.54, 1.807) is 6.92 Å². The molecule has 0 unspecified atom stereocenters. The van der Waals surface area contributed by atoms with Gasteiger partial charge in [0.1, 0.15) is 18.1 Å². The molecule has 0 spiro atoms. The summed E-state index contributed by atoms with van der Waals surface area (Å²) in [7, 11) is 0. The molecular formula is C27H25ClO4. The second-order valence-electron chi connectivity index (χ2n) is 7.17. The van der Waals surface area contributed by atoms with E-state index in [0.717, 1.165) is 28.0 Å². The second kappa shape index (κ2) is 11.3. The summed E-state index contributed by atoms with van der Waals surface area (Å²) in [4.78, 5) is 11.1. The molecule has 0 saturated heterocycles. The van der Waals surface area contributed by atoms with Crippen LogP contribution in [-0.2, 0) is 11.4 Å². The first-order valence-electron chi connectivity index (χ1n) is 10.4. The topological polar surface area (TPSA) is 55.8 Å². The summed E-state index contributed by atoms with van der Waals surface area (Å²) >= 11 is 6.10. The first-order chi connectivity index (χ1) is 15.5. The second-order valence-corrected chi connectivity index (χ2v) is 7.61. The van der Waals surface area contributed by atoms with E-state index in [1.165, 1.54) is 0 Å². The lowest BCUT2D eigenvalue weighted by Gasteiger charge is -2.12. The molecule has 0 radical (unpaired) electrons. The van der Waals surface area contributed by atoms with Gasteiger partial charge >= 0.3 is 5.97 Å². The molecule has 0 bridgehead atoms. The van der Waals surface area contributed by atoms with Crippen molar-refractivity contribution >= 4 is 17.6 Å². The van der Waals surface area contributed by atoms with Crippen LogP contribution in [0.25, 0.3) is 11.1 Å². The highest BCUT2D eigenvalue weighted by Gasteiger charge is 2.13. The summed E-state index contributed by atoms with van der Waals surface area (Å²) in [6.45, 7) is 4.65. The first-order valence-corrected chi connectivity index (χ1v) is 10.8. The zero-order valence-corrected chi connectivity index (χ0v) is 18.9. The van der Waals surface area contributed by atoms with Gasteiger partial charge in [-0.3, -0.25) is 4.79 Å². The van der Waals surface area contributed by atoms with Crippen LogP contribution in [0.1, 0.15) is 37.3 Å². The molecule has 5 heteroatoms. The van der Waals surface area contributed by atoms with Gasteiger partial charge in [-0.2, -0.15) is 0 Å². The van der Waals surface area contributed by atoms with E-state index in [2.05, 4.69) is 11.8 Å². The monoisotopic (exact) mass is 448 g/mol. The molecule has 0 aliphatic heterocycles. The minimum atomic E-state index is -0.867. The molecule has 1 N–H and O–H groups in total. The third-order valence-electron chi connectivity index (χ3n) is 4.89. The summed E-state index contributed by atoms with van der Waals surface area (Å²) < 4.78 is 11.6. The lowest BCUT2D eigenvalue weighted by atomic mass is 9.96. The maximum absolute atomic E-state index is 11.1. The van der Waals surface area contributed by atoms with Crippen LogP contribution in [0.15, 0.2) is 66.7 Å². The maximum Gasteiger partial charge on any atom is 0.304 e. The van der Waals surface area contributed by atoms with Crippen LogP contribution in [0, 0.1) is 11.8 Å². The van der Waals surface area contributed by atoms with Gasteiger partial charge in [-0.1, -0.05) is 53.9 Å². The van der Waals surface area contributed by atoms with Gasteiger partial charge < -0.3 is 14.6 Å². The molecule has 3 rings (SSSR count). The molecule has 0 fully saturated rings. The Kier molecular flexibility index (Phi) is 8.19. The normalized spacial score (nSPS) is 11.2. The lowest BCUT2D eigenvalue weighted by molar-refractivity contribution is -0.137. The number of aliphatic carboxylic acids is 1. The molecule has 3 aromatic rings. The van der Waals surface area contributed by atoms with Crippen molar-refractivity contribution in [3.63, 3.8) is 0 Å². The van der Waals surface area contributed by atoms with E-state index >= 15 is 0 Å². The molecular weight excluding hydrogens is 424 g/mol. The van der Waals surface area contributed by atoms with Gasteiger partial charge in [0.25, 0.3) is 0 Å². The van der Waals surface area contributed by atoms with Gasteiger partial charge in [-0.05, 0) is 60.9 Å². The minimum absolute atomic E-state index is 0.0218. The van der Waals surface area contributed by atoms with Gasteiger partial charge in [0, 0.05) is 10.6 Å². The van der Waals surface area contributed by atoms with Crippen LogP contribution in [0.2, 0.25) is 5.02 Å². The third-order valence-corrected chi connectivity index (χ3v) is 5.13. The Hall–Kier alpha value is -3.42. The number of carboxylic acid groups (broad SMARTS) is 1. The molecule has 3 aromatic carbocycles. The average Bonchev–Trinajstić information content (AvgIpc) is 2.78. The number of benzene rings is 3. The average molecular weight is 449 g/mol. The summed E-state index contributed by atoms with van der Waals surface area (Å²) in [5.41, 5.74) is 3.93. The van der Waals surface area contributed by atoms with Crippen LogP contribution < -0.4 is 9.47 Å². The summed E-state index contributed by atoms with van der Waals surface area (Å²) in [5.74, 6) is 6.04. The number of ether oxygens (including phenoxy) is 2. The Labute approximate surface area is 193 Å². The molecule has 0 heterocycles. The van der Waals surface area contributed by atoms with Crippen molar-refractivity contribution in [2.24, 2.45) is 0 Å². The highest BCUT2D eigenvalue weighted by molar-refractivity contribution is 6.30. The Morgan fingerprint density at radius 3 is 2.38 bits per heavy atom. The molecule has 0 aliphatic carbocycles. The van der Waals surface area contributed by atoms with Gasteiger partial charge in [-0.25, -0.2) is 0 Å².